The number of likely N-dealkylation sites (N-methyl/N-ethyl adjacent to an activating group) is 1. The Morgan fingerprint density at radius 2 is 1.75 bits per heavy atom. The predicted molar refractivity (Wildman–Crippen MR) is 47.7 cm³/mol. The molecule has 1 rings (SSSR count). The van der Waals surface area contributed by atoms with Crippen molar-refractivity contribution in [2.75, 3.05) is 20.7 Å². The van der Waals surface area contributed by atoms with Crippen LogP contribution in [0.4, 0.5) is 0 Å². The van der Waals surface area contributed by atoms with E-state index in [0.717, 1.165) is 4.90 Å². The molecule has 8 nitrogen and oxygen atoms in total. The minimum atomic E-state index is -2.16. The van der Waals surface area contributed by atoms with Crippen molar-refractivity contribution >= 4 is 11.9 Å². The summed E-state index contributed by atoms with van der Waals surface area (Å²) in [6.07, 6.45) is -4.10. The molecule has 16 heavy (non-hydrogen) atoms. The molecule has 3 N–H and O–H groups in total. The van der Waals surface area contributed by atoms with E-state index in [1.807, 2.05) is 0 Å². The van der Waals surface area contributed by atoms with E-state index in [1.165, 1.54) is 14.1 Å². The summed E-state index contributed by atoms with van der Waals surface area (Å²) < 4.78 is 9.00. The van der Waals surface area contributed by atoms with Crippen molar-refractivity contribution in [1.82, 2.24) is 4.90 Å². The van der Waals surface area contributed by atoms with Crippen molar-refractivity contribution in [3.63, 3.8) is 0 Å². The highest BCUT2D eigenvalue weighted by atomic mass is 16.7. The maximum atomic E-state index is 11.2. The maximum Gasteiger partial charge on any atom is 0.341 e. The van der Waals surface area contributed by atoms with Gasteiger partial charge in [-0.1, -0.05) is 0 Å². The van der Waals surface area contributed by atoms with Crippen LogP contribution in [0.2, 0.25) is 0 Å². The lowest BCUT2D eigenvalue weighted by molar-refractivity contribution is -0.296. The minimum Gasteiger partial charge on any atom is -0.455 e. The first kappa shape index (κ1) is 12.8. The normalized spacial score (nSPS) is 36.4. The molecule has 1 aliphatic rings. The number of carbonyl (C=O) groups excluding carboxylic acids is 2. The fourth-order valence-corrected chi connectivity index (χ4v) is 0.980. The number of ether oxygens (including phenoxy) is 2. The van der Waals surface area contributed by atoms with Crippen LogP contribution in [-0.2, 0) is 19.1 Å². The average Bonchev–Trinajstić information content (AvgIpc) is 2.22. The monoisotopic (exact) mass is 235 g/mol. The van der Waals surface area contributed by atoms with Gasteiger partial charge in [-0.2, -0.15) is 0 Å². The second-order valence-corrected chi connectivity index (χ2v) is 3.56. The summed E-state index contributed by atoms with van der Waals surface area (Å²) in [5, 5.41) is 28.0. The number of esters is 2. The predicted octanol–water partition coefficient (Wildman–Crippen LogP) is -2.98. The topological polar surface area (TPSA) is 117 Å². The van der Waals surface area contributed by atoms with Gasteiger partial charge in [0, 0.05) is 0 Å². The van der Waals surface area contributed by atoms with Crippen molar-refractivity contribution in [3.05, 3.63) is 0 Å². The van der Waals surface area contributed by atoms with Gasteiger partial charge in [0.2, 0.25) is 0 Å². The summed E-state index contributed by atoms with van der Waals surface area (Å²) in [6, 6.07) is 0. The number of carbonyl (C=O) groups is 2. The van der Waals surface area contributed by atoms with E-state index in [1.54, 1.807) is 0 Å². The Kier molecular flexibility index (Phi) is 3.48. The van der Waals surface area contributed by atoms with Gasteiger partial charge in [-0.25, -0.2) is 14.5 Å². The Labute approximate surface area is 91.0 Å². The molecule has 8 heteroatoms. The van der Waals surface area contributed by atoms with Crippen LogP contribution in [-0.4, -0.2) is 71.0 Å². The molecule has 3 unspecified atom stereocenters. The molecular weight excluding hydrogens is 222 g/mol. The lowest BCUT2D eigenvalue weighted by atomic mass is 10.2. The fourth-order valence-electron chi connectivity index (χ4n) is 0.980. The molecule has 1 fully saturated rings. The number of aliphatic hydroxyl groups excluding tert-OH is 2. The van der Waals surface area contributed by atoms with E-state index in [2.05, 4.69) is 9.47 Å². The Bertz CT molecular complexity index is 305. The van der Waals surface area contributed by atoms with E-state index in [4.69, 9.17) is 5.11 Å². The van der Waals surface area contributed by atoms with Crippen molar-refractivity contribution in [2.24, 2.45) is 0 Å². The molecule has 0 radical (unpaired) electrons. The van der Waals surface area contributed by atoms with E-state index >= 15 is 0 Å². The Morgan fingerprint density at radius 1 is 1.25 bits per heavy atom. The van der Waals surface area contributed by atoms with Crippen molar-refractivity contribution in [3.8, 4) is 0 Å². The van der Waals surface area contributed by atoms with E-state index in [-0.39, 0.29) is 0 Å². The molecule has 1 saturated heterocycles. The lowest BCUT2D eigenvalue weighted by Gasteiger charge is -2.35. The highest BCUT2D eigenvalue weighted by molar-refractivity contribution is 5.85. The molecule has 3 atom stereocenters. The first-order valence-corrected chi connectivity index (χ1v) is 4.43. The third kappa shape index (κ3) is 2.30. The van der Waals surface area contributed by atoms with Gasteiger partial charge < -0.3 is 24.8 Å². The number of hydrogen-bond acceptors (Lipinski definition) is 8. The summed E-state index contributed by atoms with van der Waals surface area (Å²) in [6.45, 7) is -0.658. The molecule has 0 aromatic carbocycles. The molecule has 0 aromatic heterocycles. The molecule has 0 amide bonds. The smallest absolute Gasteiger partial charge is 0.341 e. The zero-order valence-corrected chi connectivity index (χ0v) is 8.78. The SMILES string of the molecule is CN(C)C1(O)COC(=O)C(O)C(O)C(=O)O1. The largest absolute Gasteiger partial charge is 0.455 e. The van der Waals surface area contributed by atoms with Crippen LogP contribution in [0.5, 0.6) is 0 Å². The van der Waals surface area contributed by atoms with Gasteiger partial charge in [-0.15, -0.1) is 0 Å². The first-order chi connectivity index (χ1) is 7.28. The van der Waals surface area contributed by atoms with Crippen LogP contribution in [0, 0.1) is 0 Å². The number of hydrogen-bond donors (Lipinski definition) is 3. The summed E-state index contributed by atoms with van der Waals surface area (Å²) in [5.74, 6) is -4.67. The second-order valence-electron chi connectivity index (χ2n) is 3.56. The zero-order valence-electron chi connectivity index (χ0n) is 8.78. The maximum absolute atomic E-state index is 11.2. The molecule has 0 bridgehead atoms. The van der Waals surface area contributed by atoms with Crippen LogP contribution in [0.25, 0.3) is 0 Å². The summed E-state index contributed by atoms with van der Waals surface area (Å²) in [5.41, 5.74) is 0. The Morgan fingerprint density at radius 3 is 2.25 bits per heavy atom. The van der Waals surface area contributed by atoms with Crippen LogP contribution >= 0.6 is 0 Å². The summed E-state index contributed by atoms with van der Waals surface area (Å²) >= 11 is 0. The second kappa shape index (κ2) is 4.34. The van der Waals surface area contributed by atoms with Crippen LogP contribution in [0.15, 0.2) is 0 Å². The number of nitrogens with zero attached hydrogens (tertiary/aromatic N) is 1. The van der Waals surface area contributed by atoms with E-state index < -0.39 is 36.7 Å². The third-order valence-corrected chi connectivity index (χ3v) is 2.15. The van der Waals surface area contributed by atoms with E-state index in [0.29, 0.717) is 0 Å². The molecule has 0 aliphatic carbocycles. The number of aliphatic hydroxyl groups is 3. The highest BCUT2D eigenvalue weighted by Crippen LogP contribution is 2.16. The van der Waals surface area contributed by atoms with Gasteiger partial charge in [0.15, 0.2) is 18.8 Å². The minimum absolute atomic E-state index is 0.658. The van der Waals surface area contributed by atoms with E-state index in [9.17, 15) is 19.8 Å². The van der Waals surface area contributed by atoms with Crippen LogP contribution in [0.3, 0.4) is 0 Å². The zero-order chi connectivity index (χ0) is 12.5. The third-order valence-electron chi connectivity index (χ3n) is 2.15. The van der Waals surface area contributed by atoms with Crippen molar-refractivity contribution < 1.29 is 34.4 Å². The molecular formula is C8H13NO7. The first-order valence-electron chi connectivity index (χ1n) is 4.43. The standard InChI is InChI=1S/C8H13NO7/c1-9(2)8(14)3-15-6(12)4(10)5(11)7(13)16-8/h4-5,10-11,14H,3H2,1-2H3. The Hall–Kier alpha value is -1.22. The van der Waals surface area contributed by atoms with Crippen LogP contribution < -0.4 is 0 Å². The molecule has 1 aliphatic heterocycles. The van der Waals surface area contributed by atoms with Gasteiger partial charge >= 0.3 is 17.8 Å². The Balaban J connectivity index is 2.93. The average molecular weight is 235 g/mol. The molecule has 0 spiro atoms. The highest BCUT2D eigenvalue weighted by Gasteiger charge is 2.44. The summed E-state index contributed by atoms with van der Waals surface area (Å²) in [7, 11) is 2.76. The fraction of sp³-hybridized carbons (Fsp3) is 0.750. The van der Waals surface area contributed by atoms with Crippen molar-refractivity contribution in [1.29, 1.82) is 0 Å². The van der Waals surface area contributed by atoms with Gasteiger partial charge in [0.05, 0.1) is 0 Å². The van der Waals surface area contributed by atoms with Gasteiger partial charge in [0.25, 0.3) is 0 Å². The molecule has 1 heterocycles. The van der Waals surface area contributed by atoms with Crippen molar-refractivity contribution in [2.45, 2.75) is 18.1 Å². The van der Waals surface area contributed by atoms with Gasteiger partial charge in [-0.3, -0.25) is 0 Å². The number of cyclic esters (lactones) is 2. The number of rotatable bonds is 1. The van der Waals surface area contributed by atoms with Gasteiger partial charge in [0.1, 0.15) is 0 Å². The van der Waals surface area contributed by atoms with Gasteiger partial charge in [-0.05, 0) is 14.1 Å². The summed E-state index contributed by atoms with van der Waals surface area (Å²) in [4.78, 5) is 23.4. The lowest BCUT2D eigenvalue weighted by Crippen LogP contribution is -2.57. The molecule has 92 valence electrons. The molecule has 0 aromatic rings. The molecule has 0 saturated carbocycles. The van der Waals surface area contributed by atoms with Crippen LogP contribution in [0.1, 0.15) is 0 Å². The quantitative estimate of drug-likeness (QED) is 0.325.